The lowest BCUT2D eigenvalue weighted by molar-refractivity contribution is 0.568. The maximum Gasteiger partial charge on any atom is 0.0991 e. The molecule has 0 saturated carbocycles. The Labute approximate surface area is 530 Å². The second kappa shape index (κ2) is 22.8. The Kier molecular flexibility index (Phi) is 15.1. The molecule has 6 heteroatoms. The maximum absolute atomic E-state index is 9.90. The second-order valence-electron chi connectivity index (χ2n) is 28.1. The van der Waals surface area contributed by atoms with Gasteiger partial charge in [-0.25, -0.2) is 0 Å². The topological polar surface area (TPSA) is 102 Å². The van der Waals surface area contributed by atoms with Crippen molar-refractivity contribution >= 4 is 66.4 Å². The third kappa shape index (κ3) is 11.5. The highest BCUT2D eigenvalue weighted by Gasteiger charge is 2.29. The molecule has 0 radical (unpaired) electrons. The molecule has 90 heavy (non-hydrogen) atoms. The van der Waals surface area contributed by atoms with Crippen LogP contribution >= 0.6 is 0 Å². The summed E-state index contributed by atoms with van der Waals surface area (Å²) in [6.45, 7) is 27.4. The Morgan fingerprint density at radius 1 is 0.244 bits per heavy atom. The molecule has 12 rings (SSSR count). The Balaban J connectivity index is 1.17. The highest BCUT2D eigenvalue weighted by molar-refractivity contribution is 6.28. The van der Waals surface area contributed by atoms with Crippen molar-refractivity contribution in [2.75, 3.05) is 9.80 Å². The molecule has 0 heterocycles. The summed E-state index contributed by atoms with van der Waals surface area (Å²) >= 11 is 0. The van der Waals surface area contributed by atoms with Crippen LogP contribution in [0, 0.1) is 45.3 Å². The number of nitrogens with zero attached hydrogens (tertiary/aromatic N) is 6. The summed E-state index contributed by atoms with van der Waals surface area (Å²) in [5, 5.41) is 46.3. The zero-order chi connectivity index (χ0) is 63.6. The Morgan fingerprint density at radius 2 is 0.478 bits per heavy atom. The first-order chi connectivity index (χ1) is 42.9. The SMILES string of the molecule is CC(C)(C)c1cc(N(c2cc(-c3ccc(C#N)cc3)cc(-c3ccc(C#N)cc3)c2)c2ccc3ccc4c(N(c5cc(-c6ccc(C#N)cc6)cc(-c6ccc(C#N)cc6)c5)c5cc(C(C)(C)C)cc(C(C)(C)C)c5)ccc5ccc2c3c54)cc(C(C)(C)C)c1. The van der Waals surface area contributed by atoms with Crippen molar-refractivity contribution < 1.29 is 0 Å². The van der Waals surface area contributed by atoms with Gasteiger partial charge in [0.2, 0.25) is 0 Å². The monoisotopic (exact) mass is 1160 g/mol. The van der Waals surface area contributed by atoms with E-state index in [9.17, 15) is 21.0 Å². The van der Waals surface area contributed by atoms with E-state index in [1.807, 2.05) is 97.1 Å². The summed E-state index contributed by atoms with van der Waals surface area (Å²) < 4.78 is 0. The Morgan fingerprint density at radius 3 is 0.711 bits per heavy atom. The minimum absolute atomic E-state index is 0.186. The van der Waals surface area contributed by atoms with E-state index in [0.717, 1.165) is 111 Å². The molecule has 0 aliphatic rings. The molecule has 12 aromatic carbocycles. The van der Waals surface area contributed by atoms with Crippen LogP contribution in [-0.2, 0) is 21.7 Å². The fraction of sp³-hybridized carbons (Fsp3) is 0.190. The molecule has 12 aromatic rings. The zero-order valence-electron chi connectivity index (χ0n) is 53.5. The third-order valence-electron chi connectivity index (χ3n) is 17.7. The van der Waals surface area contributed by atoms with Crippen LogP contribution in [-0.4, -0.2) is 0 Å². The lowest BCUT2D eigenvalue weighted by atomic mass is 9.80. The van der Waals surface area contributed by atoms with Gasteiger partial charge in [0.25, 0.3) is 0 Å². The number of rotatable bonds is 10. The van der Waals surface area contributed by atoms with Crippen molar-refractivity contribution in [2.45, 2.75) is 105 Å². The van der Waals surface area contributed by atoms with E-state index in [4.69, 9.17) is 0 Å². The first-order valence-electron chi connectivity index (χ1n) is 30.8. The first kappa shape index (κ1) is 59.6. The van der Waals surface area contributed by atoms with Crippen LogP contribution in [0.15, 0.2) is 218 Å². The average Bonchev–Trinajstić information content (AvgIpc) is 0.788. The second-order valence-corrected chi connectivity index (χ2v) is 28.1. The summed E-state index contributed by atoms with van der Waals surface area (Å²) in [4.78, 5) is 4.91. The van der Waals surface area contributed by atoms with Gasteiger partial charge in [-0.2, -0.15) is 21.0 Å². The van der Waals surface area contributed by atoms with E-state index >= 15 is 0 Å². The van der Waals surface area contributed by atoms with E-state index < -0.39 is 0 Å². The van der Waals surface area contributed by atoms with Gasteiger partial charge in [0.15, 0.2) is 0 Å². The lowest BCUT2D eigenvalue weighted by Gasteiger charge is -2.33. The summed E-state index contributed by atoms with van der Waals surface area (Å²) in [5.74, 6) is 0. The van der Waals surface area contributed by atoms with Crippen LogP contribution in [0.25, 0.3) is 76.8 Å². The molecule has 0 aliphatic carbocycles. The number of nitriles is 4. The molecule has 0 spiro atoms. The van der Waals surface area contributed by atoms with Gasteiger partial charge in [0.1, 0.15) is 0 Å². The van der Waals surface area contributed by atoms with Gasteiger partial charge in [0.05, 0.1) is 57.9 Å². The van der Waals surface area contributed by atoms with Crippen LogP contribution < -0.4 is 9.80 Å². The minimum Gasteiger partial charge on any atom is -0.310 e. The molecular weight excluding hydrogens is 1090 g/mol. The normalized spacial score (nSPS) is 12.0. The molecule has 0 saturated heterocycles. The van der Waals surface area contributed by atoms with Crippen LogP contribution in [0.3, 0.4) is 0 Å². The summed E-state index contributed by atoms with van der Waals surface area (Å²) in [6.07, 6.45) is 0. The van der Waals surface area contributed by atoms with Crippen LogP contribution in [0.1, 0.15) is 128 Å². The fourth-order valence-corrected chi connectivity index (χ4v) is 12.3. The van der Waals surface area contributed by atoms with E-state index in [1.54, 1.807) is 0 Å². The number of hydrogen-bond acceptors (Lipinski definition) is 6. The zero-order valence-corrected chi connectivity index (χ0v) is 53.5. The van der Waals surface area contributed by atoms with Crippen LogP contribution in [0.2, 0.25) is 0 Å². The number of hydrogen-bond donors (Lipinski definition) is 0. The Hall–Kier alpha value is -10.8. The van der Waals surface area contributed by atoms with E-state index in [-0.39, 0.29) is 21.7 Å². The fourth-order valence-electron chi connectivity index (χ4n) is 12.3. The Bertz CT molecular complexity index is 4400. The summed E-state index contributed by atoms with van der Waals surface area (Å²) in [5.41, 5.74) is 20.4. The first-order valence-corrected chi connectivity index (χ1v) is 30.8. The van der Waals surface area contributed by atoms with Gasteiger partial charge in [0, 0.05) is 33.5 Å². The van der Waals surface area contributed by atoms with Gasteiger partial charge in [-0.15, -0.1) is 0 Å². The molecule has 0 aliphatic heterocycles. The summed E-state index contributed by atoms with van der Waals surface area (Å²) in [7, 11) is 0. The quantitative estimate of drug-likeness (QED) is 0.126. The van der Waals surface area contributed by atoms with Crippen molar-refractivity contribution in [1.82, 2.24) is 0 Å². The highest BCUT2D eigenvalue weighted by atomic mass is 15.2. The molecule has 0 N–H and O–H groups in total. The smallest absolute Gasteiger partial charge is 0.0991 e. The molecular formula is C84H72N6. The minimum atomic E-state index is -0.186. The third-order valence-corrected chi connectivity index (χ3v) is 17.7. The molecule has 438 valence electrons. The predicted octanol–water partition coefficient (Wildman–Crippen LogP) is 22.9. The molecule has 0 aromatic heterocycles. The summed E-state index contributed by atoms with van der Waals surface area (Å²) in [6, 6.07) is 86.6. The van der Waals surface area contributed by atoms with Gasteiger partial charge in [-0.1, -0.05) is 180 Å². The molecule has 6 nitrogen and oxygen atoms in total. The van der Waals surface area contributed by atoms with Gasteiger partial charge in [-0.3, -0.25) is 0 Å². The number of benzene rings is 12. The van der Waals surface area contributed by atoms with E-state index in [0.29, 0.717) is 22.3 Å². The maximum atomic E-state index is 9.90. The van der Waals surface area contributed by atoms with E-state index in [2.05, 4.69) is 238 Å². The molecule has 0 atom stereocenters. The molecule has 0 fully saturated rings. The van der Waals surface area contributed by atoms with Crippen molar-refractivity contribution in [3.8, 4) is 68.8 Å². The van der Waals surface area contributed by atoms with Crippen molar-refractivity contribution in [3.63, 3.8) is 0 Å². The van der Waals surface area contributed by atoms with Gasteiger partial charge >= 0.3 is 0 Å². The molecule has 0 bridgehead atoms. The molecule has 0 amide bonds. The van der Waals surface area contributed by atoms with E-state index in [1.165, 1.54) is 22.3 Å². The lowest BCUT2D eigenvalue weighted by Crippen LogP contribution is -2.19. The van der Waals surface area contributed by atoms with Crippen molar-refractivity contribution in [1.29, 1.82) is 21.0 Å². The van der Waals surface area contributed by atoms with Crippen molar-refractivity contribution in [2.24, 2.45) is 0 Å². The molecule has 0 unspecified atom stereocenters. The average molecular weight is 1170 g/mol. The van der Waals surface area contributed by atoms with Crippen LogP contribution in [0.5, 0.6) is 0 Å². The van der Waals surface area contributed by atoms with Gasteiger partial charge in [-0.05, 0) is 231 Å². The number of anilines is 6. The van der Waals surface area contributed by atoms with Crippen molar-refractivity contribution in [3.05, 3.63) is 263 Å². The van der Waals surface area contributed by atoms with Gasteiger partial charge < -0.3 is 9.80 Å². The van der Waals surface area contributed by atoms with Crippen LogP contribution in [0.4, 0.5) is 34.1 Å². The predicted molar refractivity (Wildman–Crippen MR) is 375 cm³/mol. The standard InChI is InChI=1S/C84H72N6/c1-81(2,3)67-43-68(82(4,5)6)46-73(45-67)89(71-39-63(57-21-13-53(49-85)14-22-57)37-64(40-71)58-23-15-54(50-86)16-24-58)77-35-31-61-30-34-76-78(36-32-62-29-33-75(77)79(61)80(62)76)90(74-47-69(83(7,8)9)44-70(48-74)84(10,11)12)72-41-65(59-25-17-55(51-87)18-26-59)38-66(42-72)60-27-19-56(52-88)20-28-60/h13-48H,1-12H3. The highest BCUT2D eigenvalue weighted by Crippen LogP contribution is 2.51. The largest absolute Gasteiger partial charge is 0.310 e.